The first-order chi connectivity index (χ1) is 13.4. The van der Waals surface area contributed by atoms with Crippen molar-refractivity contribution in [3.8, 4) is 11.6 Å². The Labute approximate surface area is 168 Å². The predicted molar refractivity (Wildman–Crippen MR) is 106 cm³/mol. The van der Waals surface area contributed by atoms with E-state index in [4.69, 9.17) is 25.8 Å². The van der Waals surface area contributed by atoms with E-state index in [9.17, 15) is 10.1 Å². The number of aryl methyl sites for hydroxylation is 2. The van der Waals surface area contributed by atoms with Crippen LogP contribution in [0.1, 0.15) is 11.1 Å². The molecular formula is C18H23ClN4O5. The first-order valence-corrected chi connectivity index (χ1v) is 8.93. The van der Waals surface area contributed by atoms with E-state index < -0.39 is 4.92 Å². The first-order valence-electron chi connectivity index (χ1n) is 8.55. The van der Waals surface area contributed by atoms with E-state index in [0.717, 1.165) is 11.1 Å². The summed E-state index contributed by atoms with van der Waals surface area (Å²) in [5.41, 5.74) is 1.28. The number of anilines is 1. The van der Waals surface area contributed by atoms with Gasteiger partial charge >= 0.3 is 11.6 Å². The van der Waals surface area contributed by atoms with Crippen LogP contribution in [0.5, 0.6) is 11.6 Å². The highest BCUT2D eigenvalue weighted by atomic mass is 35.5. The van der Waals surface area contributed by atoms with Crippen LogP contribution in [0.15, 0.2) is 18.5 Å². The van der Waals surface area contributed by atoms with E-state index in [1.165, 1.54) is 6.33 Å². The molecule has 2 rings (SSSR count). The van der Waals surface area contributed by atoms with Gasteiger partial charge in [-0.05, 0) is 37.1 Å². The van der Waals surface area contributed by atoms with Crippen LogP contribution in [-0.2, 0) is 9.47 Å². The summed E-state index contributed by atoms with van der Waals surface area (Å²) in [6.45, 7) is 5.21. The molecule has 1 aromatic heterocycles. The van der Waals surface area contributed by atoms with Crippen molar-refractivity contribution in [3.05, 3.63) is 44.7 Å². The predicted octanol–water partition coefficient (Wildman–Crippen LogP) is 3.55. The highest BCUT2D eigenvalue weighted by molar-refractivity contribution is 6.32. The molecule has 0 unspecified atom stereocenters. The number of rotatable bonds is 10. The second-order valence-corrected chi connectivity index (χ2v) is 6.43. The van der Waals surface area contributed by atoms with Crippen LogP contribution in [0.25, 0.3) is 0 Å². The zero-order valence-electron chi connectivity index (χ0n) is 16.3. The molecule has 1 aromatic carbocycles. The molecule has 0 aliphatic carbocycles. The first kappa shape index (κ1) is 21.8. The molecule has 0 saturated heterocycles. The van der Waals surface area contributed by atoms with Crippen LogP contribution >= 0.6 is 11.6 Å². The summed E-state index contributed by atoms with van der Waals surface area (Å²) >= 11 is 6.18. The lowest BCUT2D eigenvalue weighted by Crippen LogP contribution is -2.32. The third-order valence-electron chi connectivity index (χ3n) is 4.01. The van der Waals surface area contributed by atoms with E-state index in [1.807, 2.05) is 13.8 Å². The third kappa shape index (κ3) is 5.28. The number of aromatic nitrogens is 2. The highest BCUT2D eigenvalue weighted by Gasteiger charge is 2.29. The second-order valence-electron chi connectivity index (χ2n) is 6.05. The summed E-state index contributed by atoms with van der Waals surface area (Å²) in [5, 5.41) is 12.4. The van der Waals surface area contributed by atoms with Gasteiger partial charge in [-0.1, -0.05) is 11.6 Å². The van der Waals surface area contributed by atoms with Gasteiger partial charge in [0.2, 0.25) is 5.82 Å². The molecule has 28 heavy (non-hydrogen) atoms. The van der Waals surface area contributed by atoms with E-state index in [-0.39, 0.29) is 17.4 Å². The molecule has 0 radical (unpaired) electrons. The van der Waals surface area contributed by atoms with Gasteiger partial charge in [0.25, 0.3) is 0 Å². The topological polar surface area (TPSA) is 99.9 Å². The summed E-state index contributed by atoms with van der Waals surface area (Å²) in [6.07, 6.45) is 1.24. The largest absolute Gasteiger partial charge is 0.434 e. The minimum absolute atomic E-state index is 0.143. The van der Waals surface area contributed by atoms with Crippen LogP contribution in [0.2, 0.25) is 5.02 Å². The number of hydrogen-bond donors (Lipinski definition) is 0. The molecule has 0 saturated carbocycles. The Balaban J connectivity index is 2.45. The molecule has 9 nitrogen and oxygen atoms in total. The Morgan fingerprint density at radius 3 is 2.18 bits per heavy atom. The van der Waals surface area contributed by atoms with Crippen molar-refractivity contribution in [1.82, 2.24) is 9.97 Å². The van der Waals surface area contributed by atoms with Gasteiger partial charge in [0.05, 0.1) is 18.1 Å². The van der Waals surface area contributed by atoms with Gasteiger partial charge < -0.3 is 19.1 Å². The third-order valence-corrected chi connectivity index (χ3v) is 4.60. The van der Waals surface area contributed by atoms with Crippen molar-refractivity contribution >= 4 is 23.1 Å². The van der Waals surface area contributed by atoms with Crippen molar-refractivity contribution in [1.29, 1.82) is 0 Å². The van der Waals surface area contributed by atoms with Crippen molar-refractivity contribution in [2.45, 2.75) is 13.8 Å². The smallest absolute Gasteiger partial charge is 0.373 e. The van der Waals surface area contributed by atoms with Crippen molar-refractivity contribution in [2.75, 3.05) is 45.4 Å². The van der Waals surface area contributed by atoms with Gasteiger partial charge in [-0.2, -0.15) is 4.98 Å². The van der Waals surface area contributed by atoms with Gasteiger partial charge in [-0.15, -0.1) is 0 Å². The molecule has 0 atom stereocenters. The van der Waals surface area contributed by atoms with Crippen molar-refractivity contribution < 1.29 is 19.1 Å². The fraction of sp³-hybridized carbons (Fsp3) is 0.444. The van der Waals surface area contributed by atoms with Gasteiger partial charge in [-0.3, -0.25) is 10.1 Å². The average molecular weight is 411 g/mol. The summed E-state index contributed by atoms with van der Waals surface area (Å²) in [5.74, 6) is 0.412. The molecule has 1 heterocycles. The molecule has 0 spiro atoms. The van der Waals surface area contributed by atoms with Gasteiger partial charge in [0.15, 0.2) is 0 Å². The minimum atomic E-state index is -0.549. The zero-order valence-corrected chi connectivity index (χ0v) is 17.0. The van der Waals surface area contributed by atoms with E-state index in [2.05, 4.69) is 9.97 Å². The van der Waals surface area contributed by atoms with Gasteiger partial charge in [-0.25, -0.2) is 4.98 Å². The van der Waals surface area contributed by atoms with Crippen LogP contribution in [0, 0.1) is 24.0 Å². The summed E-state index contributed by atoms with van der Waals surface area (Å²) in [4.78, 5) is 21.1. The monoisotopic (exact) mass is 410 g/mol. The van der Waals surface area contributed by atoms with E-state index >= 15 is 0 Å². The Hall–Kier alpha value is -2.49. The molecule has 0 fully saturated rings. The molecule has 0 amide bonds. The van der Waals surface area contributed by atoms with Crippen LogP contribution in [0.3, 0.4) is 0 Å². The summed E-state index contributed by atoms with van der Waals surface area (Å²) in [6, 6.07) is 3.41. The number of hydrogen-bond acceptors (Lipinski definition) is 8. The fourth-order valence-corrected chi connectivity index (χ4v) is 2.73. The quantitative estimate of drug-likeness (QED) is 0.433. The maximum Gasteiger partial charge on any atom is 0.373 e. The molecule has 0 aliphatic heterocycles. The summed E-state index contributed by atoms with van der Waals surface area (Å²) < 4.78 is 15.9. The number of halogens is 1. The molecule has 0 aliphatic rings. The van der Waals surface area contributed by atoms with Gasteiger partial charge in [0, 0.05) is 32.3 Å². The lowest BCUT2D eigenvalue weighted by molar-refractivity contribution is -0.385. The zero-order chi connectivity index (χ0) is 20.7. The lowest BCUT2D eigenvalue weighted by atomic mass is 10.1. The Morgan fingerprint density at radius 2 is 1.68 bits per heavy atom. The Kier molecular flexibility index (Phi) is 7.91. The van der Waals surface area contributed by atoms with E-state index in [0.29, 0.717) is 37.1 Å². The lowest BCUT2D eigenvalue weighted by Gasteiger charge is -2.23. The molecular weight excluding hydrogens is 388 g/mol. The molecule has 2 aromatic rings. The maximum atomic E-state index is 11.8. The molecule has 0 N–H and O–H groups in total. The normalized spacial score (nSPS) is 10.8. The fourth-order valence-electron chi connectivity index (χ4n) is 2.62. The standard InChI is InChI=1S/C18H23ClN4O5/c1-12-9-14(10-13(2)15(12)19)28-18-16(23(24)25)17(20-11-21-18)22(5-7-26-3)6-8-27-4/h9-11H,5-8H2,1-4H3. The van der Waals surface area contributed by atoms with Gasteiger partial charge in [0.1, 0.15) is 12.1 Å². The number of nitrogens with zero attached hydrogens (tertiary/aromatic N) is 4. The van der Waals surface area contributed by atoms with E-state index in [1.54, 1.807) is 31.3 Å². The average Bonchev–Trinajstić information content (AvgIpc) is 2.66. The Bertz CT molecular complexity index is 803. The number of ether oxygens (including phenoxy) is 3. The van der Waals surface area contributed by atoms with Crippen molar-refractivity contribution in [2.24, 2.45) is 0 Å². The Morgan fingerprint density at radius 1 is 1.11 bits per heavy atom. The molecule has 0 bridgehead atoms. The molecule has 152 valence electrons. The SMILES string of the molecule is COCCN(CCOC)c1ncnc(Oc2cc(C)c(Cl)c(C)c2)c1[N+](=O)[O-]. The number of nitro groups is 1. The second kappa shape index (κ2) is 10.2. The maximum absolute atomic E-state index is 11.8. The summed E-state index contributed by atoms with van der Waals surface area (Å²) in [7, 11) is 3.12. The van der Waals surface area contributed by atoms with Crippen LogP contribution in [0.4, 0.5) is 11.5 Å². The molecule has 10 heteroatoms. The van der Waals surface area contributed by atoms with Crippen LogP contribution < -0.4 is 9.64 Å². The number of methoxy groups -OCH3 is 2. The highest BCUT2D eigenvalue weighted by Crippen LogP contribution is 2.37. The van der Waals surface area contributed by atoms with Crippen molar-refractivity contribution in [3.63, 3.8) is 0 Å². The number of benzene rings is 1. The van der Waals surface area contributed by atoms with Crippen LogP contribution in [-0.4, -0.2) is 55.4 Å². The minimum Gasteiger partial charge on any atom is -0.434 e.